The van der Waals surface area contributed by atoms with Crippen LogP contribution in [0.4, 0.5) is 4.39 Å². The van der Waals surface area contributed by atoms with E-state index in [1.807, 2.05) is 6.92 Å². The summed E-state index contributed by atoms with van der Waals surface area (Å²) >= 11 is 3.05. The van der Waals surface area contributed by atoms with Gasteiger partial charge < -0.3 is 5.32 Å². The van der Waals surface area contributed by atoms with Gasteiger partial charge in [0, 0.05) is 6.54 Å². The van der Waals surface area contributed by atoms with E-state index in [1.54, 1.807) is 12.1 Å². The minimum atomic E-state index is -0.510. The SMILES string of the molecule is CCC(C)CNC(=O)c1cccc(Br)c1F. The van der Waals surface area contributed by atoms with Crippen LogP contribution in [0, 0.1) is 11.7 Å². The van der Waals surface area contributed by atoms with Gasteiger partial charge in [-0.15, -0.1) is 0 Å². The summed E-state index contributed by atoms with van der Waals surface area (Å²) in [6.07, 6.45) is 0.987. The predicted octanol–water partition coefficient (Wildman–Crippen LogP) is 3.36. The highest BCUT2D eigenvalue weighted by Gasteiger charge is 2.13. The zero-order valence-electron chi connectivity index (χ0n) is 9.39. The summed E-state index contributed by atoms with van der Waals surface area (Å²) in [5, 5.41) is 2.72. The van der Waals surface area contributed by atoms with E-state index in [1.165, 1.54) is 6.07 Å². The van der Waals surface area contributed by atoms with Crippen LogP contribution in [-0.2, 0) is 0 Å². The van der Waals surface area contributed by atoms with Crippen LogP contribution in [0.25, 0.3) is 0 Å². The highest BCUT2D eigenvalue weighted by atomic mass is 79.9. The minimum Gasteiger partial charge on any atom is -0.352 e. The van der Waals surface area contributed by atoms with Crippen molar-refractivity contribution >= 4 is 21.8 Å². The Labute approximate surface area is 103 Å². The third-order valence-corrected chi connectivity index (χ3v) is 3.12. The van der Waals surface area contributed by atoms with Crippen LogP contribution in [-0.4, -0.2) is 12.5 Å². The lowest BCUT2D eigenvalue weighted by atomic mass is 10.1. The predicted molar refractivity (Wildman–Crippen MR) is 65.9 cm³/mol. The molecule has 0 saturated carbocycles. The molecule has 4 heteroatoms. The molecule has 0 bridgehead atoms. The first-order valence-electron chi connectivity index (χ1n) is 5.28. The quantitative estimate of drug-likeness (QED) is 0.904. The van der Waals surface area contributed by atoms with Crippen LogP contribution in [0.2, 0.25) is 0 Å². The number of nitrogens with one attached hydrogen (secondary N) is 1. The largest absolute Gasteiger partial charge is 0.352 e. The number of hydrogen-bond donors (Lipinski definition) is 1. The molecule has 0 aliphatic heterocycles. The van der Waals surface area contributed by atoms with Gasteiger partial charge in [0.1, 0.15) is 5.82 Å². The third-order valence-electron chi connectivity index (χ3n) is 2.50. The van der Waals surface area contributed by atoms with Gasteiger partial charge in [-0.1, -0.05) is 26.3 Å². The average molecular weight is 288 g/mol. The summed E-state index contributed by atoms with van der Waals surface area (Å²) in [6, 6.07) is 4.69. The Morgan fingerprint density at radius 2 is 2.25 bits per heavy atom. The Bertz CT molecular complexity index is 381. The molecule has 0 radical (unpaired) electrons. The number of rotatable bonds is 4. The highest BCUT2D eigenvalue weighted by Crippen LogP contribution is 2.18. The molecule has 88 valence electrons. The van der Waals surface area contributed by atoms with Crippen molar-refractivity contribution in [2.45, 2.75) is 20.3 Å². The molecular weight excluding hydrogens is 273 g/mol. The molecule has 16 heavy (non-hydrogen) atoms. The molecule has 0 fully saturated rings. The monoisotopic (exact) mass is 287 g/mol. The Kier molecular flexibility index (Phi) is 4.93. The zero-order chi connectivity index (χ0) is 12.1. The van der Waals surface area contributed by atoms with Crippen molar-refractivity contribution in [3.8, 4) is 0 Å². The maximum absolute atomic E-state index is 13.6. The van der Waals surface area contributed by atoms with Gasteiger partial charge in [-0.2, -0.15) is 0 Å². The molecule has 1 aromatic carbocycles. The van der Waals surface area contributed by atoms with Gasteiger partial charge in [0.25, 0.3) is 5.91 Å². The second-order valence-corrected chi connectivity index (χ2v) is 4.68. The summed E-state index contributed by atoms with van der Waals surface area (Å²) in [7, 11) is 0. The fourth-order valence-electron chi connectivity index (χ4n) is 1.19. The average Bonchev–Trinajstić information content (AvgIpc) is 2.29. The lowest BCUT2D eigenvalue weighted by molar-refractivity contribution is 0.0943. The van der Waals surface area contributed by atoms with Gasteiger partial charge in [-0.05, 0) is 34.0 Å². The van der Waals surface area contributed by atoms with Crippen molar-refractivity contribution in [1.82, 2.24) is 5.32 Å². The van der Waals surface area contributed by atoms with Gasteiger partial charge in [-0.3, -0.25) is 4.79 Å². The van der Waals surface area contributed by atoms with Crippen LogP contribution >= 0.6 is 15.9 Å². The number of halogens is 2. The minimum absolute atomic E-state index is 0.0812. The molecule has 0 heterocycles. The van der Waals surface area contributed by atoms with Crippen molar-refractivity contribution in [2.75, 3.05) is 6.54 Å². The summed E-state index contributed by atoms with van der Waals surface area (Å²) in [4.78, 5) is 11.7. The molecule has 1 unspecified atom stereocenters. The lowest BCUT2D eigenvalue weighted by Gasteiger charge is -2.10. The normalized spacial score (nSPS) is 12.2. The Morgan fingerprint density at radius 3 is 2.88 bits per heavy atom. The first-order valence-corrected chi connectivity index (χ1v) is 6.07. The fourth-order valence-corrected chi connectivity index (χ4v) is 1.55. The van der Waals surface area contributed by atoms with Crippen molar-refractivity contribution < 1.29 is 9.18 Å². The number of carbonyl (C=O) groups excluding carboxylic acids is 1. The second-order valence-electron chi connectivity index (χ2n) is 3.82. The Hall–Kier alpha value is -0.900. The van der Waals surface area contributed by atoms with E-state index < -0.39 is 5.82 Å². The van der Waals surface area contributed by atoms with E-state index in [2.05, 4.69) is 28.2 Å². The second kappa shape index (κ2) is 5.99. The molecule has 0 aliphatic rings. The summed E-state index contributed by atoms with van der Waals surface area (Å²) < 4.78 is 13.9. The molecule has 1 N–H and O–H groups in total. The lowest BCUT2D eigenvalue weighted by Crippen LogP contribution is -2.28. The molecule has 0 spiro atoms. The maximum atomic E-state index is 13.6. The molecular formula is C12H15BrFNO. The molecule has 2 nitrogen and oxygen atoms in total. The van der Waals surface area contributed by atoms with Crippen LogP contribution in [0.15, 0.2) is 22.7 Å². The van der Waals surface area contributed by atoms with Gasteiger partial charge in [0.15, 0.2) is 0 Å². The molecule has 0 aliphatic carbocycles. The van der Waals surface area contributed by atoms with E-state index in [4.69, 9.17) is 0 Å². The molecule has 1 atom stereocenters. The molecule has 1 aromatic rings. The fraction of sp³-hybridized carbons (Fsp3) is 0.417. The number of hydrogen-bond acceptors (Lipinski definition) is 1. The van der Waals surface area contributed by atoms with Crippen LogP contribution in [0.1, 0.15) is 30.6 Å². The molecule has 0 saturated heterocycles. The Balaban J connectivity index is 2.70. The standard InChI is InChI=1S/C12H15BrFNO/c1-3-8(2)7-15-12(16)9-5-4-6-10(13)11(9)14/h4-6,8H,3,7H2,1-2H3,(H,15,16). The van der Waals surface area contributed by atoms with Gasteiger partial charge in [0.2, 0.25) is 0 Å². The van der Waals surface area contributed by atoms with Gasteiger partial charge in [-0.25, -0.2) is 4.39 Å². The van der Waals surface area contributed by atoms with Crippen molar-refractivity contribution in [3.05, 3.63) is 34.1 Å². The number of benzene rings is 1. The first kappa shape index (κ1) is 13.2. The first-order chi connectivity index (χ1) is 7.56. The van der Waals surface area contributed by atoms with Gasteiger partial charge in [0.05, 0.1) is 10.0 Å². The summed E-state index contributed by atoms with van der Waals surface area (Å²) in [5.41, 5.74) is 0.0812. The third kappa shape index (κ3) is 3.30. The van der Waals surface area contributed by atoms with E-state index in [0.717, 1.165) is 6.42 Å². The molecule has 1 amide bonds. The topological polar surface area (TPSA) is 29.1 Å². The highest BCUT2D eigenvalue weighted by molar-refractivity contribution is 9.10. The van der Waals surface area contributed by atoms with E-state index in [9.17, 15) is 9.18 Å². The molecule has 1 rings (SSSR count). The number of carbonyl (C=O) groups is 1. The van der Waals surface area contributed by atoms with Crippen molar-refractivity contribution in [3.63, 3.8) is 0 Å². The summed E-state index contributed by atoms with van der Waals surface area (Å²) in [5.74, 6) is -0.470. The smallest absolute Gasteiger partial charge is 0.254 e. The maximum Gasteiger partial charge on any atom is 0.254 e. The van der Waals surface area contributed by atoms with Crippen LogP contribution in [0.3, 0.4) is 0 Å². The van der Waals surface area contributed by atoms with E-state index in [0.29, 0.717) is 16.9 Å². The van der Waals surface area contributed by atoms with Gasteiger partial charge >= 0.3 is 0 Å². The van der Waals surface area contributed by atoms with E-state index >= 15 is 0 Å². The number of amides is 1. The molecule has 0 aromatic heterocycles. The van der Waals surface area contributed by atoms with Crippen molar-refractivity contribution in [1.29, 1.82) is 0 Å². The zero-order valence-corrected chi connectivity index (χ0v) is 11.0. The van der Waals surface area contributed by atoms with Crippen molar-refractivity contribution in [2.24, 2.45) is 5.92 Å². The van der Waals surface area contributed by atoms with Crippen LogP contribution < -0.4 is 5.32 Å². The Morgan fingerprint density at radius 1 is 1.56 bits per heavy atom. The van der Waals surface area contributed by atoms with Crippen LogP contribution in [0.5, 0.6) is 0 Å². The summed E-state index contributed by atoms with van der Waals surface area (Å²) in [6.45, 7) is 4.66. The van der Waals surface area contributed by atoms with E-state index in [-0.39, 0.29) is 11.5 Å².